The van der Waals surface area contributed by atoms with Crippen molar-refractivity contribution in [2.24, 2.45) is 23.0 Å². The molecule has 0 aliphatic heterocycles. The third-order valence-electron chi connectivity index (χ3n) is 8.01. The quantitative estimate of drug-likeness (QED) is 0.799. The number of benzene rings is 1. The van der Waals surface area contributed by atoms with Crippen molar-refractivity contribution in [2.75, 3.05) is 0 Å². The maximum atomic E-state index is 7.04. The Kier molecular flexibility index (Phi) is 3.06. The van der Waals surface area contributed by atoms with Crippen LogP contribution in [0.1, 0.15) is 76.2 Å². The average Bonchev–Trinajstić information content (AvgIpc) is 2.54. The predicted molar refractivity (Wildman–Crippen MR) is 95.2 cm³/mol. The minimum absolute atomic E-state index is 0.132. The van der Waals surface area contributed by atoms with Gasteiger partial charge in [-0.1, -0.05) is 49.6 Å². The third kappa shape index (κ3) is 2.15. The van der Waals surface area contributed by atoms with Crippen LogP contribution in [0.2, 0.25) is 0 Å². The zero-order valence-electron chi connectivity index (χ0n) is 14.4. The summed E-state index contributed by atoms with van der Waals surface area (Å²) in [5.74, 6) is 1.85. The van der Waals surface area contributed by atoms with Gasteiger partial charge >= 0.3 is 0 Å². The van der Waals surface area contributed by atoms with Gasteiger partial charge in [-0.05, 0) is 79.6 Å². The van der Waals surface area contributed by atoms with Gasteiger partial charge in [0.05, 0.1) is 0 Å². The highest BCUT2D eigenvalue weighted by atomic mass is 14.8. The number of hydrogen-bond acceptors (Lipinski definition) is 1. The summed E-state index contributed by atoms with van der Waals surface area (Å²) >= 11 is 0. The van der Waals surface area contributed by atoms with Crippen LogP contribution in [0.3, 0.4) is 0 Å². The van der Waals surface area contributed by atoms with Crippen LogP contribution >= 0.6 is 0 Å². The predicted octanol–water partition coefficient (Wildman–Crippen LogP) is 5.19. The largest absolute Gasteiger partial charge is 0.325 e. The van der Waals surface area contributed by atoms with E-state index in [1.54, 1.807) is 5.56 Å². The van der Waals surface area contributed by atoms with E-state index in [0.29, 0.717) is 10.8 Å². The van der Waals surface area contributed by atoms with Crippen molar-refractivity contribution in [3.63, 3.8) is 0 Å². The van der Waals surface area contributed by atoms with Gasteiger partial charge in [0.15, 0.2) is 0 Å². The first-order valence-electron chi connectivity index (χ1n) is 9.96. The van der Waals surface area contributed by atoms with E-state index < -0.39 is 0 Å². The molecule has 0 amide bonds. The van der Waals surface area contributed by atoms with E-state index in [9.17, 15) is 0 Å². The zero-order chi connectivity index (χ0) is 15.5. The highest BCUT2D eigenvalue weighted by Crippen LogP contribution is 2.69. The van der Waals surface area contributed by atoms with Gasteiger partial charge in [-0.15, -0.1) is 0 Å². The summed E-state index contributed by atoms with van der Waals surface area (Å²) in [6.45, 7) is 0. The molecule has 4 bridgehead atoms. The normalized spacial score (nSPS) is 46.2. The van der Waals surface area contributed by atoms with Crippen molar-refractivity contribution < 1.29 is 0 Å². The average molecular weight is 309 g/mol. The fourth-order valence-corrected chi connectivity index (χ4v) is 7.87. The highest BCUT2D eigenvalue weighted by molar-refractivity contribution is 5.33. The van der Waals surface area contributed by atoms with Crippen molar-refractivity contribution in [3.8, 4) is 0 Å². The van der Waals surface area contributed by atoms with Crippen LogP contribution in [0.25, 0.3) is 0 Å². The lowest BCUT2D eigenvalue weighted by atomic mass is 9.38. The van der Waals surface area contributed by atoms with Crippen molar-refractivity contribution in [1.29, 1.82) is 0 Å². The maximum absolute atomic E-state index is 7.04. The lowest BCUT2D eigenvalue weighted by Gasteiger charge is -2.68. The fraction of sp³-hybridized carbons (Fsp3) is 0.727. The van der Waals surface area contributed by atoms with Crippen LogP contribution in [0.5, 0.6) is 0 Å². The SMILES string of the molecule is NC12CC3CC(c4ccccc4)(C1)CC(C1CCCCC1)(C3)C2. The van der Waals surface area contributed by atoms with Crippen LogP contribution in [-0.4, -0.2) is 5.54 Å². The molecule has 5 fully saturated rings. The van der Waals surface area contributed by atoms with Gasteiger partial charge in [0.2, 0.25) is 0 Å². The summed E-state index contributed by atoms with van der Waals surface area (Å²) in [6, 6.07) is 11.4. The molecule has 5 aliphatic rings. The van der Waals surface area contributed by atoms with Crippen LogP contribution in [-0.2, 0) is 5.41 Å². The Morgan fingerprint density at radius 1 is 0.826 bits per heavy atom. The molecule has 0 aromatic heterocycles. The summed E-state index contributed by atoms with van der Waals surface area (Å²) in [6.07, 6.45) is 15.6. The molecule has 0 saturated heterocycles. The zero-order valence-corrected chi connectivity index (χ0v) is 14.4. The van der Waals surface area contributed by atoms with Crippen LogP contribution < -0.4 is 5.73 Å². The molecule has 2 N–H and O–H groups in total. The smallest absolute Gasteiger partial charge is 0.0170 e. The molecule has 4 atom stereocenters. The first-order chi connectivity index (χ1) is 11.1. The molecule has 5 saturated carbocycles. The first-order valence-corrected chi connectivity index (χ1v) is 9.96. The second-order valence-electron chi connectivity index (χ2n) is 9.71. The van der Waals surface area contributed by atoms with E-state index in [0.717, 1.165) is 11.8 Å². The van der Waals surface area contributed by atoms with E-state index >= 15 is 0 Å². The maximum Gasteiger partial charge on any atom is 0.0170 e. The minimum atomic E-state index is 0.132. The molecular weight excluding hydrogens is 278 g/mol. The topological polar surface area (TPSA) is 26.0 Å². The van der Waals surface area contributed by atoms with E-state index in [1.807, 2.05) is 0 Å². The Hall–Kier alpha value is -0.820. The van der Waals surface area contributed by atoms with Gasteiger partial charge in [0.25, 0.3) is 0 Å². The first kappa shape index (κ1) is 14.5. The number of nitrogens with two attached hydrogens (primary N) is 1. The molecule has 1 aromatic rings. The van der Waals surface area contributed by atoms with Crippen molar-refractivity contribution in [2.45, 2.75) is 81.6 Å². The molecule has 4 unspecified atom stereocenters. The van der Waals surface area contributed by atoms with E-state index in [2.05, 4.69) is 30.3 Å². The van der Waals surface area contributed by atoms with E-state index in [4.69, 9.17) is 5.73 Å². The molecule has 0 radical (unpaired) electrons. The summed E-state index contributed by atoms with van der Waals surface area (Å²) in [7, 11) is 0. The molecule has 23 heavy (non-hydrogen) atoms. The van der Waals surface area contributed by atoms with Gasteiger partial charge in [0.1, 0.15) is 0 Å². The lowest BCUT2D eigenvalue weighted by molar-refractivity contribution is -0.121. The van der Waals surface area contributed by atoms with Crippen LogP contribution in [0.4, 0.5) is 0 Å². The van der Waals surface area contributed by atoms with Gasteiger partial charge in [-0.25, -0.2) is 0 Å². The standard InChI is InChI=1S/C22H31N/c23-22-13-17-11-20(15-22,18-7-3-1-4-8-18)14-21(12-17,16-22)19-9-5-2-6-10-19/h1,3-4,7-8,17,19H,2,5-6,9-16,23H2. The lowest BCUT2D eigenvalue weighted by Crippen LogP contribution is -2.66. The molecule has 0 heterocycles. The van der Waals surface area contributed by atoms with Crippen LogP contribution in [0.15, 0.2) is 30.3 Å². The second kappa shape index (κ2) is 4.85. The molecular formula is C22H31N. The Balaban J connectivity index is 1.57. The molecule has 124 valence electrons. The molecule has 6 rings (SSSR count). The summed E-state index contributed by atoms with van der Waals surface area (Å²) in [4.78, 5) is 0. The Morgan fingerprint density at radius 3 is 2.35 bits per heavy atom. The summed E-state index contributed by atoms with van der Waals surface area (Å²) in [5, 5.41) is 0. The summed E-state index contributed by atoms with van der Waals surface area (Å²) in [5.41, 5.74) is 9.73. The van der Waals surface area contributed by atoms with E-state index in [1.165, 1.54) is 70.6 Å². The molecule has 1 aromatic carbocycles. The van der Waals surface area contributed by atoms with Gasteiger partial charge < -0.3 is 5.73 Å². The van der Waals surface area contributed by atoms with Crippen molar-refractivity contribution >= 4 is 0 Å². The third-order valence-corrected chi connectivity index (χ3v) is 8.01. The minimum Gasteiger partial charge on any atom is -0.325 e. The van der Waals surface area contributed by atoms with Gasteiger partial charge in [0, 0.05) is 5.54 Å². The Labute approximate surface area is 141 Å². The molecule has 0 spiro atoms. The van der Waals surface area contributed by atoms with E-state index in [-0.39, 0.29) is 5.54 Å². The Morgan fingerprint density at radius 2 is 1.61 bits per heavy atom. The Bertz CT molecular complexity index is 589. The van der Waals surface area contributed by atoms with Crippen molar-refractivity contribution in [3.05, 3.63) is 35.9 Å². The fourth-order valence-electron chi connectivity index (χ4n) is 7.87. The highest BCUT2D eigenvalue weighted by Gasteiger charge is 2.64. The number of rotatable bonds is 2. The molecule has 1 nitrogen and oxygen atoms in total. The molecule has 5 aliphatic carbocycles. The monoisotopic (exact) mass is 309 g/mol. The second-order valence-corrected chi connectivity index (χ2v) is 9.71. The summed E-state index contributed by atoms with van der Waals surface area (Å²) < 4.78 is 0. The van der Waals surface area contributed by atoms with Crippen LogP contribution in [0, 0.1) is 17.3 Å². The van der Waals surface area contributed by atoms with Gasteiger partial charge in [-0.3, -0.25) is 0 Å². The molecule has 1 heteroatoms. The van der Waals surface area contributed by atoms with Crippen molar-refractivity contribution in [1.82, 2.24) is 0 Å². The number of hydrogen-bond donors (Lipinski definition) is 1. The van der Waals surface area contributed by atoms with Gasteiger partial charge in [-0.2, -0.15) is 0 Å².